The maximum absolute atomic E-state index is 12.3. The summed E-state index contributed by atoms with van der Waals surface area (Å²) in [6.45, 7) is 2.86. The Morgan fingerprint density at radius 2 is 1.84 bits per heavy atom. The van der Waals surface area contributed by atoms with E-state index in [0.717, 1.165) is 12.5 Å². The van der Waals surface area contributed by atoms with Crippen LogP contribution in [0.1, 0.15) is 17.5 Å². The number of hydrogen-bond acceptors (Lipinski definition) is 2. The van der Waals surface area contributed by atoms with Crippen molar-refractivity contribution in [3.8, 4) is 0 Å². The largest absolute Gasteiger partial charge is 0.401 e. The van der Waals surface area contributed by atoms with Gasteiger partial charge in [0, 0.05) is 27.2 Å². The number of guanidine groups is 1. The van der Waals surface area contributed by atoms with Crippen LogP contribution < -0.4 is 5.32 Å². The van der Waals surface area contributed by atoms with Gasteiger partial charge in [0.15, 0.2) is 5.96 Å². The molecule has 0 atom stereocenters. The van der Waals surface area contributed by atoms with Gasteiger partial charge in [-0.3, -0.25) is 9.89 Å². The molecule has 144 valence electrons. The van der Waals surface area contributed by atoms with Crippen LogP contribution in [0, 0.1) is 6.92 Å². The molecule has 1 aromatic carbocycles. The third kappa shape index (κ3) is 9.88. The summed E-state index contributed by atoms with van der Waals surface area (Å²) in [6.07, 6.45) is -3.53. The molecule has 0 aromatic heterocycles. The van der Waals surface area contributed by atoms with E-state index in [1.54, 1.807) is 7.05 Å². The normalized spacial score (nSPS) is 12.1. The fraction of sp³-hybridized carbons (Fsp3) is 0.588. The number of benzene rings is 1. The Morgan fingerprint density at radius 3 is 2.40 bits per heavy atom. The van der Waals surface area contributed by atoms with E-state index in [1.807, 2.05) is 24.1 Å². The van der Waals surface area contributed by atoms with Crippen LogP contribution in [0.25, 0.3) is 0 Å². The quantitative estimate of drug-likeness (QED) is 0.285. The predicted molar refractivity (Wildman–Crippen MR) is 108 cm³/mol. The molecule has 1 aromatic rings. The molecule has 0 bridgehead atoms. The van der Waals surface area contributed by atoms with Gasteiger partial charge in [0.2, 0.25) is 0 Å². The molecular formula is C17H28F3IN4. The molecule has 0 aliphatic carbocycles. The lowest BCUT2D eigenvalue weighted by Gasteiger charge is -2.23. The highest BCUT2D eigenvalue weighted by molar-refractivity contribution is 14.0. The van der Waals surface area contributed by atoms with Crippen molar-refractivity contribution in [1.82, 2.24) is 15.1 Å². The Hall–Kier alpha value is -1.03. The third-order valence-corrected chi connectivity index (χ3v) is 3.69. The average Bonchev–Trinajstić information content (AvgIpc) is 2.47. The first kappa shape index (κ1) is 24.0. The Labute approximate surface area is 165 Å². The second-order valence-corrected chi connectivity index (χ2v) is 5.96. The standard InChI is InChI=1S/C17H27F3N4.HI/c1-14-8-5-6-9-15(14)12-24(4)16(21-2)22-10-7-11-23(3)13-17(18,19)20;/h5-6,8-9H,7,10-13H2,1-4H3,(H,21,22);1H. The van der Waals surface area contributed by atoms with E-state index < -0.39 is 12.7 Å². The molecule has 0 heterocycles. The monoisotopic (exact) mass is 472 g/mol. The third-order valence-electron chi connectivity index (χ3n) is 3.69. The lowest BCUT2D eigenvalue weighted by atomic mass is 10.1. The number of nitrogens with zero attached hydrogens (tertiary/aromatic N) is 3. The van der Waals surface area contributed by atoms with Crippen molar-refractivity contribution >= 4 is 29.9 Å². The highest BCUT2D eigenvalue weighted by atomic mass is 127. The zero-order chi connectivity index (χ0) is 18.2. The Balaban J connectivity index is 0.00000576. The Bertz CT molecular complexity index is 535. The number of halogens is 4. The van der Waals surface area contributed by atoms with Gasteiger partial charge in [-0.05, 0) is 38.1 Å². The first-order chi connectivity index (χ1) is 11.2. The van der Waals surface area contributed by atoms with Crippen LogP contribution in [0.15, 0.2) is 29.3 Å². The molecule has 1 rings (SSSR count). The van der Waals surface area contributed by atoms with Crippen molar-refractivity contribution in [3.63, 3.8) is 0 Å². The number of nitrogens with one attached hydrogen (secondary N) is 1. The van der Waals surface area contributed by atoms with Gasteiger partial charge in [-0.1, -0.05) is 24.3 Å². The van der Waals surface area contributed by atoms with Gasteiger partial charge in [0.1, 0.15) is 0 Å². The van der Waals surface area contributed by atoms with Crippen molar-refractivity contribution in [1.29, 1.82) is 0 Å². The summed E-state index contributed by atoms with van der Waals surface area (Å²) in [5.41, 5.74) is 2.43. The molecule has 1 N–H and O–H groups in total. The van der Waals surface area contributed by atoms with Crippen LogP contribution in [0.4, 0.5) is 13.2 Å². The van der Waals surface area contributed by atoms with Crippen LogP contribution in [-0.4, -0.2) is 62.7 Å². The molecule has 0 saturated heterocycles. The fourth-order valence-corrected chi connectivity index (χ4v) is 2.44. The van der Waals surface area contributed by atoms with Gasteiger partial charge in [-0.2, -0.15) is 13.2 Å². The molecule has 0 aliphatic heterocycles. The van der Waals surface area contributed by atoms with Crippen molar-refractivity contribution in [2.75, 3.05) is 40.8 Å². The Morgan fingerprint density at radius 1 is 1.20 bits per heavy atom. The SMILES string of the molecule is CN=C(NCCCN(C)CC(F)(F)F)N(C)Cc1ccccc1C.I. The van der Waals surface area contributed by atoms with E-state index >= 15 is 0 Å². The van der Waals surface area contributed by atoms with Crippen LogP contribution in [-0.2, 0) is 6.54 Å². The Kier molecular flexibility index (Phi) is 11.1. The van der Waals surface area contributed by atoms with Gasteiger partial charge >= 0.3 is 6.18 Å². The summed E-state index contributed by atoms with van der Waals surface area (Å²) < 4.78 is 36.8. The van der Waals surface area contributed by atoms with E-state index in [9.17, 15) is 13.2 Å². The average molecular weight is 472 g/mol. The molecule has 0 spiro atoms. The molecule has 0 radical (unpaired) electrons. The molecule has 0 aliphatic rings. The molecule has 8 heteroatoms. The van der Waals surface area contributed by atoms with Gasteiger partial charge in [-0.15, -0.1) is 24.0 Å². The molecular weight excluding hydrogens is 444 g/mol. The summed E-state index contributed by atoms with van der Waals surface area (Å²) in [5.74, 6) is 0.733. The second kappa shape index (κ2) is 11.6. The summed E-state index contributed by atoms with van der Waals surface area (Å²) in [5, 5.41) is 3.20. The predicted octanol–water partition coefficient (Wildman–Crippen LogP) is 3.50. The number of aryl methyl sites for hydroxylation is 1. The van der Waals surface area contributed by atoms with Crippen LogP contribution in [0.5, 0.6) is 0 Å². The van der Waals surface area contributed by atoms with Crippen molar-refractivity contribution < 1.29 is 13.2 Å². The zero-order valence-corrected chi connectivity index (χ0v) is 17.6. The van der Waals surface area contributed by atoms with Crippen LogP contribution in [0.3, 0.4) is 0 Å². The fourth-order valence-electron chi connectivity index (χ4n) is 2.44. The van der Waals surface area contributed by atoms with Crippen molar-refractivity contribution in [2.24, 2.45) is 4.99 Å². The van der Waals surface area contributed by atoms with Gasteiger partial charge in [0.05, 0.1) is 6.54 Å². The molecule has 0 fully saturated rings. The molecule has 25 heavy (non-hydrogen) atoms. The minimum atomic E-state index is -4.15. The molecule has 4 nitrogen and oxygen atoms in total. The van der Waals surface area contributed by atoms with Gasteiger partial charge in [0.25, 0.3) is 0 Å². The smallest absolute Gasteiger partial charge is 0.356 e. The first-order valence-corrected chi connectivity index (χ1v) is 7.94. The van der Waals surface area contributed by atoms with Gasteiger partial charge in [-0.25, -0.2) is 0 Å². The van der Waals surface area contributed by atoms with Crippen molar-refractivity contribution in [3.05, 3.63) is 35.4 Å². The van der Waals surface area contributed by atoms with Gasteiger partial charge < -0.3 is 10.2 Å². The maximum Gasteiger partial charge on any atom is 0.401 e. The first-order valence-electron chi connectivity index (χ1n) is 7.94. The van der Waals surface area contributed by atoms with Crippen LogP contribution >= 0.6 is 24.0 Å². The molecule has 0 saturated carbocycles. The van der Waals surface area contributed by atoms with Crippen LogP contribution in [0.2, 0.25) is 0 Å². The number of alkyl halides is 3. The maximum atomic E-state index is 12.3. The lowest BCUT2D eigenvalue weighted by Crippen LogP contribution is -2.40. The number of rotatable bonds is 7. The number of hydrogen-bond donors (Lipinski definition) is 1. The summed E-state index contributed by atoms with van der Waals surface area (Å²) in [7, 11) is 5.12. The summed E-state index contributed by atoms with van der Waals surface area (Å²) >= 11 is 0. The van der Waals surface area contributed by atoms with E-state index in [2.05, 4.69) is 29.4 Å². The highest BCUT2D eigenvalue weighted by Crippen LogP contribution is 2.15. The lowest BCUT2D eigenvalue weighted by molar-refractivity contribution is -0.143. The minimum absolute atomic E-state index is 0. The van der Waals surface area contributed by atoms with E-state index in [0.29, 0.717) is 19.5 Å². The highest BCUT2D eigenvalue weighted by Gasteiger charge is 2.28. The molecule has 0 amide bonds. The van der Waals surface area contributed by atoms with E-state index in [-0.39, 0.29) is 24.0 Å². The number of aliphatic imine (C=N–C) groups is 1. The second-order valence-electron chi connectivity index (χ2n) is 5.96. The zero-order valence-electron chi connectivity index (χ0n) is 15.2. The van der Waals surface area contributed by atoms with E-state index in [1.165, 1.54) is 23.1 Å². The molecule has 0 unspecified atom stereocenters. The van der Waals surface area contributed by atoms with E-state index in [4.69, 9.17) is 0 Å². The van der Waals surface area contributed by atoms with Crippen molar-refractivity contribution in [2.45, 2.75) is 26.1 Å². The summed E-state index contributed by atoms with van der Waals surface area (Å²) in [6, 6.07) is 8.15. The summed E-state index contributed by atoms with van der Waals surface area (Å²) in [4.78, 5) is 7.51. The minimum Gasteiger partial charge on any atom is -0.356 e. The topological polar surface area (TPSA) is 30.9 Å².